The van der Waals surface area contributed by atoms with Crippen molar-refractivity contribution in [3.63, 3.8) is 0 Å². The van der Waals surface area contributed by atoms with Crippen LogP contribution in [0.1, 0.15) is 86.0 Å². The van der Waals surface area contributed by atoms with Gasteiger partial charge in [0.25, 0.3) is 5.91 Å². The van der Waals surface area contributed by atoms with Crippen molar-refractivity contribution in [2.24, 2.45) is 0 Å². The number of fused-ring (bicyclic) bond motifs is 1. The lowest BCUT2D eigenvalue weighted by Crippen LogP contribution is -2.34. The molecule has 0 saturated heterocycles. The Kier molecular flexibility index (Phi) is 11.6. The fourth-order valence-electron chi connectivity index (χ4n) is 4.56. The van der Waals surface area contributed by atoms with Crippen molar-refractivity contribution in [1.29, 1.82) is 0 Å². The number of hydrogen-bond acceptors (Lipinski definition) is 4. The number of carbonyl (C=O) groups is 2. The molecule has 1 unspecified atom stereocenters. The zero-order valence-corrected chi connectivity index (χ0v) is 23.1. The third kappa shape index (κ3) is 7.47. The molecule has 1 aliphatic heterocycles. The molecule has 0 radical (unpaired) electrons. The van der Waals surface area contributed by atoms with E-state index in [0.717, 1.165) is 66.9 Å². The molecule has 1 heterocycles. The first kappa shape index (κ1) is 28.7. The van der Waals surface area contributed by atoms with Gasteiger partial charge in [0, 0.05) is 35.5 Å². The summed E-state index contributed by atoms with van der Waals surface area (Å²) in [4.78, 5) is 25.8. The quantitative estimate of drug-likeness (QED) is 0.303. The van der Waals surface area contributed by atoms with Crippen molar-refractivity contribution in [2.45, 2.75) is 79.2 Å². The molecule has 1 amide bonds. The summed E-state index contributed by atoms with van der Waals surface area (Å²) in [6.07, 6.45) is 6.22. The number of aryl methyl sites for hydroxylation is 2. The van der Waals surface area contributed by atoms with Gasteiger partial charge in [-0.3, -0.25) is 9.59 Å². The molecule has 0 N–H and O–H groups in total. The Labute approximate surface area is 216 Å². The van der Waals surface area contributed by atoms with E-state index in [4.69, 9.17) is 4.74 Å². The van der Waals surface area contributed by atoms with Crippen LogP contribution < -0.4 is 4.74 Å². The monoisotopic (exact) mass is 495 g/mol. The summed E-state index contributed by atoms with van der Waals surface area (Å²) >= 11 is 1.42. The van der Waals surface area contributed by atoms with Crippen molar-refractivity contribution in [3.8, 4) is 5.75 Å². The maximum absolute atomic E-state index is 13.0. The minimum absolute atomic E-state index is 0.000437. The van der Waals surface area contributed by atoms with Crippen LogP contribution in [0.15, 0.2) is 43.0 Å². The van der Waals surface area contributed by atoms with Crippen molar-refractivity contribution in [1.82, 2.24) is 4.90 Å². The van der Waals surface area contributed by atoms with E-state index in [1.54, 1.807) is 14.0 Å². The summed E-state index contributed by atoms with van der Waals surface area (Å²) in [5, 5.41) is 0.201. The first-order valence-corrected chi connectivity index (χ1v) is 13.7. The summed E-state index contributed by atoms with van der Waals surface area (Å²) in [6.45, 7) is 14.0. The summed E-state index contributed by atoms with van der Waals surface area (Å²) in [5.74, 6) is 1.87. The molecule has 0 aromatic heterocycles. The predicted molar refractivity (Wildman–Crippen MR) is 149 cm³/mol. The Morgan fingerprint density at radius 2 is 1.71 bits per heavy atom. The molecule has 190 valence electrons. The number of unbranched alkanes of at least 4 members (excludes halogenated alkanes) is 3. The Morgan fingerprint density at radius 3 is 2.34 bits per heavy atom. The highest BCUT2D eigenvalue weighted by molar-refractivity contribution is 8.13. The van der Waals surface area contributed by atoms with Gasteiger partial charge in [0.15, 0.2) is 5.12 Å². The molecule has 1 atom stereocenters. The first-order chi connectivity index (χ1) is 16.8. The van der Waals surface area contributed by atoms with Gasteiger partial charge < -0.3 is 9.64 Å². The second-order valence-corrected chi connectivity index (χ2v) is 10.1. The number of benzene rings is 2. The van der Waals surface area contributed by atoms with Gasteiger partial charge in [-0.05, 0) is 68.4 Å². The number of amides is 1. The first-order valence-electron chi connectivity index (χ1n) is 12.7. The SMILES string of the molecule is C=C1c2ccccc2C(=O)N1C(C)Cc1cc(OC)c(CCCCCCSC(C)=O)cc1C.CC. The van der Waals surface area contributed by atoms with Gasteiger partial charge in [-0.25, -0.2) is 0 Å². The zero-order valence-electron chi connectivity index (χ0n) is 22.3. The van der Waals surface area contributed by atoms with Crippen LogP contribution in [-0.2, 0) is 17.6 Å². The third-order valence-corrected chi connectivity index (χ3v) is 7.22. The fourth-order valence-corrected chi connectivity index (χ4v) is 5.20. The van der Waals surface area contributed by atoms with Crippen LogP contribution in [0.25, 0.3) is 5.70 Å². The van der Waals surface area contributed by atoms with Crippen LogP contribution >= 0.6 is 11.8 Å². The average molecular weight is 496 g/mol. The van der Waals surface area contributed by atoms with Gasteiger partial charge in [0.05, 0.1) is 7.11 Å². The predicted octanol–water partition coefficient (Wildman–Crippen LogP) is 7.47. The molecule has 2 aromatic rings. The standard InChI is InChI=1S/C28H35NO3S.C2H6/c1-19-16-23(12-8-6-7-11-15-33-22(4)30)27(32-5)18-24(19)17-20(2)29-21(3)25-13-9-10-14-26(25)28(29)31;1-2/h9-10,13-14,16,18,20H,3,6-8,11-12,15,17H2,1-2,4-5H3;1-2H3. The van der Waals surface area contributed by atoms with Crippen LogP contribution in [-0.4, -0.2) is 34.8 Å². The van der Waals surface area contributed by atoms with E-state index in [0.29, 0.717) is 0 Å². The maximum atomic E-state index is 13.0. The van der Waals surface area contributed by atoms with Crippen molar-refractivity contribution < 1.29 is 14.3 Å². The lowest BCUT2D eigenvalue weighted by molar-refractivity contribution is -0.109. The number of ether oxygens (including phenoxy) is 1. The van der Waals surface area contributed by atoms with Gasteiger partial charge >= 0.3 is 0 Å². The van der Waals surface area contributed by atoms with Crippen LogP contribution in [0.3, 0.4) is 0 Å². The largest absolute Gasteiger partial charge is 0.496 e. The number of hydrogen-bond donors (Lipinski definition) is 0. The fraction of sp³-hybridized carbons (Fsp3) is 0.467. The molecule has 0 spiro atoms. The normalized spacial score (nSPS) is 13.3. The van der Waals surface area contributed by atoms with Crippen molar-refractivity contribution in [3.05, 3.63) is 70.8 Å². The molecule has 4 nitrogen and oxygen atoms in total. The molecule has 0 saturated carbocycles. The summed E-state index contributed by atoms with van der Waals surface area (Å²) in [5.41, 5.74) is 6.11. The molecule has 0 fully saturated rings. The molecular weight excluding hydrogens is 454 g/mol. The van der Waals surface area contributed by atoms with Gasteiger partial charge in [0.2, 0.25) is 0 Å². The molecular formula is C30H41NO3S. The summed E-state index contributed by atoms with van der Waals surface area (Å²) < 4.78 is 5.72. The summed E-state index contributed by atoms with van der Waals surface area (Å²) in [7, 11) is 1.73. The second kappa shape index (κ2) is 14.1. The number of methoxy groups -OCH3 is 1. The molecule has 35 heavy (non-hydrogen) atoms. The topological polar surface area (TPSA) is 46.6 Å². The molecule has 5 heteroatoms. The van der Waals surface area contributed by atoms with Crippen LogP contribution in [0, 0.1) is 6.92 Å². The van der Waals surface area contributed by atoms with Crippen LogP contribution in [0.5, 0.6) is 5.75 Å². The Balaban J connectivity index is 0.00000210. The van der Waals surface area contributed by atoms with Crippen LogP contribution in [0.4, 0.5) is 0 Å². The number of thioether (sulfide) groups is 1. The molecule has 0 bridgehead atoms. The van der Waals surface area contributed by atoms with E-state index in [2.05, 4.69) is 32.6 Å². The smallest absolute Gasteiger partial charge is 0.259 e. The van der Waals surface area contributed by atoms with Crippen LogP contribution in [0.2, 0.25) is 0 Å². The summed E-state index contributed by atoms with van der Waals surface area (Å²) in [6, 6.07) is 12.1. The van der Waals surface area contributed by atoms with Crippen molar-refractivity contribution in [2.75, 3.05) is 12.9 Å². The number of carbonyl (C=O) groups excluding carboxylic acids is 2. The Bertz CT molecular complexity index is 995. The van der Waals surface area contributed by atoms with Gasteiger partial charge in [-0.15, -0.1) is 0 Å². The highest BCUT2D eigenvalue weighted by atomic mass is 32.2. The molecule has 3 rings (SSSR count). The minimum atomic E-state index is -0.000437. The number of rotatable bonds is 11. The van der Waals surface area contributed by atoms with Gasteiger partial charge in [-0.2, -0.15) is 0 Å². The molecule has 0 aliphatic carbocycles. The highest BCUT2D eigenvalue weighted by Gasteiger charge is 2.34. The lowest BCUT2D eigenvalue weighted by Gasteiger charge is -2.26. The Morgan fingerprint density at radius 1 is 1.06 bits per heavy atom. The lowest BCUT2D eigenvalue weighted by atomic mass is 9.95. The minimum Gasteiger partial charge on any atom is -0.496 e. The second-order valence-electron chi connectivity index (χ2n) is 8.82. The van der Waals surface area contributed by atoms with E-state index in [-0.39, 0.29) is 17.1 Å². The van der Waals surface area contributed by atoms with E-state index in [1.165, 1.54) is 28.5 Å². The average Bonchev–Trinajstić information content (AvgIpc) is 3.11. The third-order valence-electron chi connectivity index (χ3n) is 6.32. The maximum Gasteiger partial charge on any atom is 0.259 e. The Hall–Kier alpha value is -2.53. The van der Waals surface area contributed by atoms with Gasteiger partial charge in [-0.1, -0.05) is 69.3 Å². The van der Waals surface area contributed by atoms with E-state index in [1.807, 2.05) is 43.0 Å². The van der Waals surface area contributed by atoms with Gasteiger partial charge in [0.1, 0.15) is 5.75 Å². The van der Waals surface area contributed by atoms with E-state index >= 15 is 0 Å². The molecule has 2 aromatic carbocycles. The van der Waals surface area contributed by atoms with Crippen molar-refractivity contribution >= 4 is 28.5 Å². The highest BCUT2D eigenvalue weighted by Crippen LogP contribution is 2.34. The van der Waals surface area contributed by atoms with E-state index in [9.17, 15) is 9.59 Å². The zero-order chi connectivity index (χ0) is 26.0. The number of nitrogens with zero attached hydrogens (tertiary/aromatic N) is 1. The van der Waals surface area contributed by atoms with E-state index < -0.39 is 0 Å². The molecule has 1 aliphatic rings.